The summed E-state index contributed by atoms with van der Waals surface area (Å²) in [6.45, 7) is 8.58. The Hall–Kier alpha value is -0.0800. The average molecular weight is 227 g/mol. The van der Waals surface area contributed by atoms with Crippen molar-refractivity contribution in [2.45, 2.75) is 52.4 Å². The van der Waals surface area contributed by atoms with E-state index in [1.54, 1.807) is 0 Å². The molecule has 0 bridgehead atoms. The third kappa shape index (κ3) is 7.24. The SMILES string of the molecule is CC(C)CCCNCCOCCC1CCC1. The van der Waals surface area contributed by atoms with Crippen molar-refractivity contribution in [3.05, 3.63) is 0 Å². The van der Waals surface area contributed by atoms with Crippen LogP contribution in [-0.4, -0.2) is 26.3 Å². The van der Waals surface area contributed by atoms with Crippen molar-refractivity contribution in [1.82, 2.24) is 5.32 Å². The van der Waals surface area contributed by atoms with Crippen LogP contribution in [0.4, 0.5) is 0 Å². The topological polar surface area (TPSA) is 21.3 Å². The van der Waals surface area contributed by atoms with Gasteiger partial charge in [-0.05, 0) is 37.6 Å². The van der Waals surface area contributed by atoms with Gasteiger partial charge in [0.1, 0.15) is 0 Å². The average Bonchev–Trinajstić information content (AvgIpc) is 2.17. The van der Waals surface area contributed by atoms with Gasteiger partial charge in [-0.2, -0.15) is 0 Å². The summed E-state index contributed by atoms with van der Waals surface area (Å²) in [5.41, 5.74) is 0. The quantitative estimate of drug-likeness (QED) is 0.579. The fraction of sp³-hybridized carbons (Fsp3) is 1.00. The van der Waals surface area contributed by atoms with Crippen molar-refractivity contribution in [3.63, 3.8) is 0 Å². The summed E-state index contributed by atoms with van der Waals surface area (Å²) in [5, 5.41) is 3.43. The summed E-state index contributed by atoms with van der Waals surface area (Å²) in [4.78, 5) is 0. The largest absolute Gasteiger partial charge is 0.380 e. The van der Waals surface area contributed by atoms with Crippen molar-refractivity contribution in [2.24, 2.45) is 11.8 Å². The molecule has 2 nitrogen and oxygen atoms in total. The van der Waals surface area contributed by atoms with Crippen LogP contribution in [0, 0.1) is 11.8 Å². The van der Waals surface area contributed by atoms with E-state index in [2.05, 4.69) is 19.2 Å². The van der Waals surface area contributed by atoms with Crippen LogP contribution in [0.1, 0.15) is 52.4 Å². The third-order valence-electron chi connectivity index (χ3n) is 3.45. The lowest BCUT2D eigenvalue weighted by atomic mass is 9.83. The van der Waals surface area contributed by atoms with Gasteiger partial charge in [-0.25, -0.2) is 0 Å². The summed E-state index contributed by atoms with van der Waals surface area (Å²) < 4.78 is 5.61. The molecule has 0 aliphatic heterocycles. The zero-order chi connectivity index (χ0) is 11.6. The molecule has 0 unspecified atom stereocenters. The molecule has 0 radical (unpaired) electrons. The molecular formula is C14H29NO. The minimum atomic E-state index is 0.834. The molecule has 1 saturated carbocycles. The summed E-state index contributed by atoms with van der Waals surface area (Å²) in [6.07, 6.45) is 8.23. The number of hydrogen-bond acceptors (Lipinski definition) is 2. The van der Waals surface area contributed by atoms with Crippen molar-refractivity contribution < 1.29 is 4.74 Å². The molecule has 16 heavy (non-hydrogen) atoms. The zero-order valence-electron chi connectivity index (χ0n) is 11.1. The minimum absolute atomic E-state index is 0.834. The van der Waals surface area contributed by atoms with Gasteiger partial charge in [0.2, 0.25) is 0 Å². The molecule has 96 valence electrons. The fourth-order valence-corrected chi connectivity index (χ4v) is 2.04. The Bertz CT molecular complexity index is 155. The first-order chi connectivity index (χ1) is 7.79. The molecular weight excluding hydrogens is 198 g/mol. The van der Waals surface area contributed by atoms with Crippen LogP contribution in [0.3, 0.4) is 0 Å². The maximum absolute atomic E-state index is 5.61. The van der Waals surface area contributed by atoms with E-state index in [0.29, 0.717) is 0 Å². The summed E-state index contributed by atoms with van der Waals surface area (Å²) in [7, 11) is 0. The third-order valence-corrected chi connectivity index (χ3v) is 3.45. The molecule has 0 aromatic rings. The number of rotatable bonds is 10. The van der Waals surface area contributed by atoms with Crippen LogP contribution < -0.4 is 5.32 Å². The monoisotopic (exact) mass is 227 g/mol. The van der Waals surface area contributed by atoms with Gasteiger partial charge in [0.15, 0.2) is 0 Å². The smallest absolute Gasteiger partial charge is 0.0590 e. The van der Waals surface area contributed by atoms with Crippen molar-refractivity contribution in [2.75, 3.05) is 26.3 Å². The first kappa shape index (κ1) is 14.0. The molecule has 1 fully saturated rings. The second-order valence-electron chi connectivity index (χ2n) is 5.48. The highest BCUT2D eigenvalue weighted by atomic mass is 16.5. The lowest BCUT2D eigenvalue weighted by molar-refractivity contribution is 0.108. The van der Waals surface area contributed by atoms with E-state index in [-0.39, 0.29) is 0 Å². The second-order valence-corrected chi connectivity index (χ2v) is 5.48. The Labute approximate surface area is 101 Å². The summed E-state index contributed by atoms with van der Waals surface area (Å²) >= 11 is 0. The molecule has 0 saturated heterocycles. The highest BCUT2D eigenvalue weighted by molar-refractivity contribution is 4.68. The van der Waals surface area contributed by atoms with Crippen LogP contribution in [0.2, 0.25) is 0 Å². The molecule has 0 heterocycles. The first-order valence-corrected chi connectivity index (χ1v) is 7.07. The van der Waals surface area contributed by atoms with Gasteiger partial charge < -0.3 is 10.1 Å². The van der Waals surface area contributed by atoms with E-state index >= 15 is 0 Å². The molecule has 0 aromatic heterocycles. The Morgan fingerprint density at radius 2 is 2.00 bits per heavy atom. The maximum Gasteiger partial charge on any atom is 0.0590 e. The van der Waals surface area contributed by atoms with Gasteiger partial charge in [-0.1, -0.05) is 33.1 Å². The van der Waals surface area contributed by atoms with E-state index in [0.717, 1.165) is 38.1 Å². The van der Waals surface area contributed by atoms with Crippen molar-refractivity contribution in [1.29, 1.82) is 0 Å². The summed E-state index contributed by atoms with van der Waals surface area (Å²) in [5.74, 6) is 1.82. The maximum atomic E-state index is 5.61. The number of nitrogens with one attached hydrogen (secondary N) is 1. The lowest BCUT2D eigenvalue weighted by Crippen LogP contribution is -2.22. The van der Waals surface area contributed by atoms with Gasteiger partial charge in [-0.15, -0.1) is 0 Å². The molecule has 2 heteroatoms. The molecule has 1 rings (SSSR count). The van der Waals surface area contributed by atoms with Gasteiger partial charge in [0.05, 0.1) is 6.61 Å². The Morgan fingerprint density at radius 3 is 2.62 bits per heavy atom. The second kappa shape index (κ2) is 9.00. The molecule has 0 atom stereocenters. The molecule has 0 amide bonds. The Kier molecular flexibility index (Phi) is 7.87. The fourth-order valence-electron chi connectivity index (χ4n) is 2.04. The van der Waals surface area contributed by atoms with E-state index in [4.69, 9.17) is 4.74 Å². The van der Waals surface area contributed by atoms with E-state index < -0.39 is 0 Å². The van der Waals surface area contributed by atoms with E-state index in [1.807, 2.05) is 0 Å². The van der Waals surface area contributed by atoms with E-state index in [1.165, 1.54) is 38.5 Å². The zero-order valence-corrected chi connectivity index (χ0v) is 11.1. The van der Waals surface area contributed by atoms with Crippen LogP contribution in [-0.2, 0) is 4.74 Å². The highest BCUT2D eigenvalue weighted by Gasteiger charge is 2.16. The molecule has 1 aliphatic carbocycles. The van der Waals surface area contributed by atoms with Crippen LogP contribution in [0.5, 0.6) is 0 Å². The standard InChI is InChI=1S/C14H29NO/c1-13(2)5-4-9-15-10-12-16-11-8-14-6-3-7-14/h13-15H,3-12H2,1-2H3. The van der Waals surface area contributed by atoms with Crippen LogP contribution >= 0.6 is 0 Å². The van der Waals surface area contributed by atoms with Gasteiger partial charge >= 0.3 is 0 Å². The van der Waals surface area contributed by atoms with Crippen LogP contribution in [0.25, 0.3) is 0 Å². The molecule has 0 aromatic carbocycles. The van der Waals surface area contributed by atoms with Gasteiger partial charge in [-0.3, -0.25) is 0 Å². The van der Waals surface area contributed by atoms with Crippen molar-refractivity contribution in [3.8, 4) is 0 Å². The van der Waals surface area contributed by atoms with E-state index in [9.17, 15) is 0 Å². The minimum Gasteiger partial charge on any atom is -0.380 e. The van der Waals surface area contributed by atoms with Gasteiger partial charge in [0, 0.05) is 13.2 Å². The molecule has 0 spiro atoms. The predicted molar refractivity (Wildman–Crippen MR) is 69.7 cm³/mol. The van der Waals surface area contributed by atoms with Crippen molar-refractivity contribution >= 4 is 0 Å². The normalized spacial score (nSPS) is 16.7. The lowest BCUT2D eigenvalue weighted by Gasteiger charge is -2.24. The molecule has 1 N–H and O–H groups in total. The number of hydrogen-bond donors (Lipinski definition) is 1. The Balaban J connectivity index is 1.68. The summed E-state index contributed by atoms with van der Waals surface area (Å²) in [6, 6.07) is 0. The van der Waals surface area contributed by atoms with Gasteiger partial charge in [0.25, 0.3) is 0 Å². The first-order valence-electron chi connectivity index (χ1n) is 7.07. The number of ether oxygens (including phenoxy) is 1. The van der Waals surface area contributed by atoms with Crippen LogP contribution in [0.15, 0.2) is 0 Å². The Morgan fingerprint density at radius 1 is 1.19 bits per heavy atom. The highest BCUT2D eigenvalue weighted by Crippen LogP contribution is 2.28. The predicted octanol–water partition coefficient (Wildman–Crippen LogP) is 3.22. The molecule has 1 aliphatic rings.